The predicted octanol–water partition coefficient (Wildman–Crippen LogP) is 6.05. The Morgan fingerprint density at radius 1 is 0.944 bits per heavy atom. The van der Waals surface area contributed by atoms with Gasteiger partial charge in [-0.25, -0.2) is 8.42 Å². The highest BCUT2D eigenvalue weighted by Crippen LogP contribution is 2.36. The molecule has 2 rings (SSSR count). The van der Waals surface area contributed by atoms with Crippen LogP contribution in [-0.4, -0.2) is 50.0 Å². The van der Waals surface area contributed by atoms with E-state index < -0.39 is 28.5 Å². The molecule has 1 atom stereocenters. The molecule has 198 valence electrons. The van der Waals surface area contributed by atoms with Gasteiger partial charge in [-0.15, -0.1) is 0 Å². The van der Waals surface area contributed by atoms with E-state index in [4.69, 9.17) is 58.0 Å². The average molecular weight is 618 g/mol. The maximum Gasteiger partial charge on any atom is 0.244 e. The molecule has 0 radical (unpaired) electrons. The summed E-state index contributed by atoms with van der Waals surface area (Å²) < 4.78 is 26.2. The van der Waals surface area contributed by atoms with Gasteiger partial charge in [0.1, 0.15) is 12.6 Å². The van der Waals surface area contributed by atoms with Crippen molar-refractivity contribution in [3.05, 3.63) is 61.0 Å². The van der Waals surface area contributed by atoms with Gasteiger partial charge < -0.3 is 10.2 Å². The van der Waals surface area contributed by atoms with Crippen molar-refractivity contribution in [3.63, 3.8) is 0 Å². The molecular weight excluding hydrogens is 592 g/mol. The molecule has 13 heteroatoms. The van der Waals surface area contributed by atoms with Crippen LogP contribution in [-0.2, 0) is 26.2 Å². The molecule has 0 heterocycles. The smallest absolute Gasteiger partial charge is 0.244 e. The van der Waals surface area contributed by atoms with E-state index in [1.807, 2.05) is 0 Å². The predicted molar refractivity (Wildman–Crippen MR) is 148 cm³/mol. The molecule has 0 aliphatic carbocycles. The van der Waals surface area contributed by atoms with Crippen LogP contribution >= 0.6 is 58.0 Å². The van der Waals surface area contributed by atoms with E-state index in [0.29, 0.717) is 15.6 Å². The molecule has 2 aromatic rings. The maximum absolute atomic E-state index is 13.7. The Morgan fingerprint density at radius 3 is 2.08 bits per heavy atom. The summed E-state index contributed by atoms with van der Waals surface area (Å²) in [5, 5.41) is 3.68. The van der Waals surface area contributed by atoms with Crippen LogP contribution in [0.3, 0.4) is 0 Å². The number of sulfonamides is 1. The first kappa shape index (κ1) is 30.8. The summed E-state index contributed by atoms with van der Waals surface area (Å²) in [6.45, 7) is 4.63. The maximum atomic E-state index is 13.7. The van der Waals surface area contributed by atoms with Gasteiger partial charge in [0.2, 0.25) is 21.8 Å². The molecule has 0 saturated heterocycles. The van der Waals surface area contributed by atoms with Gasteiger partial charge in [-0.3, -0.25) is 13.9 Å². The molecule has 0 aliphatic heterocycles. The topological polar surface area (TPSA) is 86.8 Å². The van der Waals surface area contributed by atoms with E-state index in [2.05, 4.69) is 5.32 Å². The zero-order valence-corrected chi connectivity index (χ0v) is 24.6. The van der Waals surface area contributed by atoms with Crippen LogP contribution in [0.1, 0.15) is 32.8 Å². The molecule has 36 heavy (non-hydrogen) atoms. The molecule has 0 spiro atoms. The van der Waals surface area contributed by atoms with Gasteiger partial charge >= 0.3 is 0 Å². The average Bonchev–Trinajstić information content (AvgIpc) is 2.74. The zero-order chi connectivity index (χ0) is 27.4. The lowest BCUT2D eigenvalue weighted by molar-refractivity contribution is -0.140. The molecule has 0 aliphatic rings. The van der Waals surface area contributed by atoms with Crippen LogP contribution in [0.25, 0.3) is 0 Å². The van der Waals surface area contributed by atoms with Crippen molar-refractivity contribution >= 4 is 85.5 Å². The van der Waals surface area contributed by atoms with E-state index in [0.717, 1.165) is 10.6 Å². The number of amides is 2. The Kier molecular flexibility index (Phi) is 11.0. The number of benzene rings is 2. The van der Waals surface area contributed by atoms with E-state index in [9.17, 15) is 18.0 Å². The Labute approximate surface area is 236 Å². The van der Waals surface area contributed by atoms with Gasteiger partial charge in [0.15, 0.2) is 0 Å². The number of nitrogens with zero attached hydrogens (tertiary/aromatic N) is 2. The molecule has 0 aromatic heterocycles. The number of carbonyl (C=O) groups excluding carboxylic acids is 2. The van der Waals surface area contributed by atoms with E-state index in [1.165, 1.54) is 23.1 Å². The van der Waals surface area contributed by atoms with E-state index in [1.54, 1.807) is 32.9 Å². The van der Waals surface area contributed by atoms with Crippen LogP contribution in [0, 0.1) is 0 Å². The summed E-state index contributed by atoms with van der Waals surface area (Å²) in [6, 6.07) is 6.25. The van der Waals surface area contributed by atoms with Gasteiger partial charge in [-0.2, -0.15) is 0 Å². The second-order valence-corrected chi connectivity index (χ2v) is 12.3. The zero-order valence-electron chi connectivity index (χ0n) is 20.0. The first-order chi connectivity index (χ1) is 16.6. The molecular formula is C23H26Cl5N3O4S. The molecule has 0 saturated carbocycles. The summed E-state index contributed by atoms with van der Waals surface area (Å²) >= 11 is 30.7. The summed E-state index contributed by atoms with van der Waals surface area (Å²) in [5.41, 5.74) is 0.509. The summed E-state index contributed by atoms with van der Waals surface area (Å²) in [5.74, 6) is -1.04. The molecule has 0 bridgehead atoms. The fraction of sp³-hybridized carbons (Fsp3) is 0.391. The lowest BCUT2D eigenvalue weighted by atomic mass is 10.1. The monoisotopic (exact) mass is 615 g/mol. The summed E-state index contributed by atoms with van der Waals surface area (Å²) in [7, 11) is -4.00. The largest absolute Gasteiger partial charge is 0.352 e. The van der Waals surface area contributed by atoms with Gasteiger partial charge in [-0.1, -0.05) is 71.0 Å². The van der Waals surface area contributed by atoms with Crippen molar-refractivity contribution in [3.8, 4) is 0 Å². The molecule has 7 nitrogen and oxygen atoms in total. The van der Waals surface area contributed by atoms with Crippen molar-refractivity contribution in [2.24, 2.45) is 0 Å². The van der Waals surface area contributed by atoms with Crippen molar-refractivity contribution in [2.75, 3.05) is 17.1 Å². The van der Waals surface area contributed by atoms with Gasteiger partial charge in [0, 0.05) is 22.6 Å². The molecule has 0 unspecified atom stereocenters. The Morgan fingerprint density at radius 2 is 1.56 bits per heavy atom. The number of anilines is 1. The highest BCUT2D eigenvalue weighted by molar-refractivity contribution is 7.92. The van der Waals surface area contributed by atoms with Crippen LogP contribution in [0.5, 0.6) is 0 Å². The van der Waals surface area contributed by atoms with Crippen LogP contribution in [0.2, 0.25) is 25.1 Å². The third-order valence-electron chi connectivity index (χ3n) is 5.11. The Hall–Kier alpha value is -1.42. The molecule has 0 fully saturated rings. The Bertz CT molecular complexity index is 1240. The van der Waals surface area contributed by atoms with Gasteiger partial charge in [0.05, 0.1) is 27.0 Å². The second-order valence-electron chi connectivity index (χ2n) is 8.33. The van der Waals surface area contributed by atoms with Crippen LogP contribution < -0.4 is 9.62 Å². The molecule has 2 amide bonds. The number of halogens is 5. The fourth-order valence-electron chi connectivity index (χ4n) is 3.43. The van der Waals surface area contributed by atoms with Crippen molar-refractivity contribution in [1.29, 1.82) is 0 Å². The number of carbonyl (C=O) groups is 2. The quantitative estimate of drug-likeness (QED) is 0.329. The van der Waals surface area contributed by atoms with E-state index in [-0.39, 0.29) is 45.7 Å². The minimum Gasteiger partial charge on any atom is -0.352 e. The number of hydrogen-bond donors (Lipinski definition) is 1. The lowest BCUT2D eigenvalue weighted by Gasteiger charge is -2.33. The van der Waals surface area contributed by atoms with Crippen LogP contribution in [0.15, 0.2) is 30.3 Å². The first-order valence-corrected chi connectivity index (χ1v) is 14.6. The standard InChI is InChI=1S/C23H26Cl5N3O4S/c1-5-20(23(33)29-13(2)3)30(11-14-6-7-15(24)8-16(14)25)22(32)12-31(36(4,34)35)21-10-18(27)17(26)9-19(21)28/h6-10,13,20H,5,11-12H2,1-4H3,(H,29,33)/t20-/m1/s1. The van der Waals surface area contributed by atoms with Gasteiger partial charge in [0.25, 0.3) is 0 Å². The SMILES string of the molecule is CC[C@H](C(=O)NC(C)C)N(Cc1ccc(Cl)cc1Cl)C(=O)CN(c1cc(Cl)c(Cl)cc1Cl)S(C)(=O)=O. The first-order valence-electron chi connectivity index (χ1n) is 10.8. The highest BCUT2D eigenvalue weighted by Gasteiger charge is 2.33. The third kappa shape index (κ3) is 8.04. The van der Waals surface area contributed by atoms with Crippen molar-refractivity contribution in [1.82, 2.24) is 10.2 Å². The molecule has 1 N–H and O–H groups in total. The fourth-order valence-corrected chi connectivity index (χ4v) is 5.45. The second kappa shape index (κ2) is 12.9. The van der Waals surface area contributed by atoms with Gasteiger partial charge in [-0.05, 0) is 50.1 Å². The minimum absolute atomic E-state index is 0.0143. The number of rotatable bonds is 10. The normalized spacial score (nSPS) is 12.4. The van der Waals surface area contributed by atoms with Crippen molar-refractivity contribution in [2.45, 2.75) is 45.8 Å². The van der Waals surface area contributed by atoms with E-state index >= 15 is 0 Å². The third-order valence-corrected chi connectivity index (χ3v) is 7.85. The minimum atomic E-state index is -4.00. The van der Waals surface area contributed by atoms with Crippen molar-refractivity contribution < 1.29 is 18.0 Å². The van der Waals surface area contributed by atoms with Crippen LogP contribution in [0.4, 0.5) is 5.69 Å². The highest BCUT2D eigenvalue weighted by atomic mass is 35.5. The number of hydrogen-bond acceptors (Lipinski definition) is 4. The molecule has 2 aromatic carbocycles. The summed E-state index contributed by atoms with van der Waals surface area (Å²) in [4.78, 5) is 28.0. The lowest BCUT2D eigenvalue weighted by Crippen LogP contribution is -2.53. The Balaban J connectivity index is 2.55. The summed E-state index contributed by atoms with van der Waals surface area (Å²) in [6.07, 6.45) is 1.20. The number of nitrogens with one attached hydrogen (secondary N) is 1.